The maximum Gasteiger partial charge on any atom is 0.324 e. The summed E-state index contributed by atoms with van der Waals surface area (Å²) in [5.41, 5.74) is 2.24. The highest BCUT2D eigenvalue weighted by Crippen LogP contribution is 2.27. The number of sulfonamides is 1. The number of anilines is 3. The molecule has 31 heavy (non-hydrogen) atoms. The molecular weight excluding hydrogens is 438 g/mol. The summed E-state index contributed by atoms with van der Waals surface area (Å²) < 4.78 is 26.9. The van der Waals surface area contributed by atoms with E-state index in [-0.39, 0.29) is 5.41 Å². The molecule has 0 aliphatic carbocycles. The second-order valence-electron chi connectivity index (χ2n) is 8.08. The van der Waals surface area contributed by atoms with Crippen molar-refractivity contribution in [3.05, 3.63) is 65.3 Å². The molecule has 0 aliphatic heterocycles. The average Bonchev–Trinajstić information content (AvgIpc) is 3.07. The summed E-state index contributed by atoms with van der Waals surface area (Å²) in [6, 6.07) is 14.9. The van der Waals surface area contributed by atoms with Gasteiger partial charge in [-0.3, -0.25) is 10.0 Å². The second-order valence-corrected chi connectivity index (χ2v) is 10.3. The van der Waals surface area contributed by atoms with Crippen LogP contribution >= 0.6 is 11.6 Å². The van der Waals surface area contributed by atoms with E-state index in [4.69, 9.17) is 11.6 Å². The van der Waals surface area contributed by atoms with Crippen molar-refractivity contribution in [3.8, 4) is 5.69 Å². The summed E-state index contributed by atoms with van der Waals surface area (Å²) in [5.74, 6) is 0.472. The van der Waals surface area contributed by atoms with Crippen molar-refractivity contribution in [2.75, 3.05) is 21.6 Å². The summed E-state index contributed by atoms with van der Waals surface area (Å²) in [5, 5.41) is 10.8. The molecule has 1 heterocycles. The second kappa shape index (κ2) is 8.60. The molecule has 2 amide bonds. The molecular formula is C21H24ClN5O3S. The number of benzene rings is 2. The fraction of sp³-hybridized carbons (Fsp3) is 0.238. The van der Waals surface area contributed by atoms with Gasteiger partial charge >= 0.3 is 6.03 Å². The first-order chi connectivity index (χ1) is 14.4. The first kappa shape index (κ1) is 22.6. The number of urea groups is 1. The predicted octanol–water partition coefficient (Wildman–Crippen LogP) is 4.84. The van der Waals surface area contributed by atoms with Crippen LogP contribution in [0.1, 0.15) is 26.5 Å². The van der Waals surface area contributed by atoms with Crippen LogP contribution in [0.4, 0.5) is 22.0 Å². The van der Waals surface area contributed by atoms with Crippen molar-refractivity contribution in [1.82, 2.24) is 9.78 Å². The van der Waals surface area contributed by atoms with E-state index < -0.39 is 16.1 Å². The van der Waals surface area contributed by atoms with E-state index in [1.807, 2.05) is 26.8 Å². The number of carbonyl (C=O) groups is 1. The number of nitrogens with zero attached hydrogens (tertiary/aromatic N) is 2. The van der Waals surface area contributed by atoms with Crippen LogP contribution in [0.3, 0.4) is 0 Å². The topological polar surface area (TPSA) is 105 Å². The number of halogens is 1. The van der Waals surface area contributed by atoms with E-state index >= 15 is 0 Å². The van der Waals surface area contributed by atoms with E-state index in [1.54, 1.807) is 53.2 Å². The van der Waals surface area contributed by atoms with Gasteiger partial charge in [-0.2, -0.15) is 5.10 Å². The van der Waals surface area contributed by atoms with Gasteiger partial charge in [0.1, 0.15) is 5.82 Å². The molecule has 164 valence electrons. The first-order valence-corrected chi connectivity index (χ1v) is 11.7. The van der Waals surface area contributed by atoms with Crippen LogP contribution in [0.2, 0.25) is 5.02 Å². The number of hydrogen-bond acceptors (Lipinski definition) is 4. The molecule has 0 atom stereocenters. The van der Waals surface area contributed by atoms with Gasteiger partial charge in [0.15, 0.2) is 0 Å². The molecule has 0 saturated carbocycles. The molecule has 1 aromatic heterocycles. The van der Waals surface area contributed by atoms with Crippen molar-refractivity contribution < 1.29 is 13.2 Å². The molecule has 3 N–H and O–H groups in total. The first-order valence-electron chi connectivity index (χ1n) is 9.43. The quantitative estimate of drug-likeness (QED) is 0.505. The fourth-order valence-corrected chi connectivity index (χ4v) is 3.42. The third-order valence-electron chi connectivity index (χ3n) is 4.24. The molecule has 2 aromatic carbocycles. The molecule has 3 rings (SSSR count). The Morgan fingerprint density at radius 1 is 0.968 bits per heavy atom. The zero-order valence-electron chi connectivity index (χ0n) is 17.6. The van der Waals surface area contributed by atoms with Gasteiger partial charge in [0, 0.05) is 27.9 Å². The molecule has 0 saturated heterocycles. The van der Waals surface area contributed by atoms with Crippen molar-refractivity contribution in [2.45, 2.75) is 26.2 Å². The van der Waals surface area contributed by atoms with Gasteiger partial charge < -0.3 is 5.32 Å². The maximum atomic E-state index is 12.5. The monoisotopic (exact) mass is 461 g/mol. The minimum Gasteiger partial charge on any atom is -0.308 e. The molecule has 3 aromatic rings. The van der Waals surface area contributed by atoms with E-state index in [2.05, 4.69) is 20.5 Å². The Morgan fingerprint density at radius 3 is 2.10 bits per heavy atom. The minimum atomic E-state index is -3.37. The van der Waals surface area contributed by atoms with Crippen LogP contribution in [0.5, 0.6) is 0 Å². The Hall–Kier alpha value is -3.04. The van der Waals surface area contributed by atoms with Gasteiger partial charge in [0.25, 0.3) is 0 Å². The molecule has 0 radical (unpaired) electrons. The highest BCUT2D eigenvalue weighted by Gasteiger charge is 2.21. The zero-order valence-corrected chi connectivity index (χ0v) is 19.2. The van der Waals surface area contributed by atoms with Crippen LogP contribution in [0.15, 0.2) is 54.6 Å². The van der Waals surface area contributed by atoms with Crippen LogP contribution in [0.25, 0.3) is 5.69 Å². The summed E-state index contributed by atoms with van der Waals surface area (Å²) in [7, 11) is -3.37. The van der Waals surface area contributed by atoms with Crippen LogP contribution in [-0.2, 0) is 15.4 Å². The molecule has 0 spiro atoms. The van der Waals surface area contributed by atoms with E-state index in [1.165, 1.54) is 0 Å². The summed E-state index contributed by atoms with van der Waals surface area (Å²) in [6.45, 7) is 6.07. The van der Waals surface area contributed by atoms with Gasteiger partial charge in [0.05, 0.1) is 17.6 Å². The van der Waals surface area contributed by atoms with Crippen molar-refractivity contribution in [3.63, 3.8) is 0 Å². The molecule has 8 nitrogen and oxygen atoms in total. The number of nitrogens with one attached hydrogen (secondary N) is 3. The SMILES string of the molecule is CC(C)(C)c1cc(NC(=O)Nc2ccc(Cl)cc2)n(-c2ccc(NS(C)(=O)=O)cc2)n1. The number of hydrogen-bond donors (Lipinski definition) is 3. The summed E-state index contributed by atoms with van der Waals surface area (Å²) in [4.78, 5) is 12.5. The maximum absolute atomic E-state index is 12.5. The van der Waals surface area contributed by atoms with Crippen molar-refractivity contribution in [2.24, 2.45) is 0 Å². The Labute approximate surface area is 186 Å². The van der Waals surface area contributed by atoms with Gasteiger partial charge in [-0.05, 0) is 48.5 Å². The Bertz CT molecular complexity index is 1180. The Balaban J connectivity index is 1.88. The number of carbonyl (C=O) groups excluding carboxylic acids is 1. The lowest BCUT2D eigenvalue weighted by Crippen LogP contribution is -2.21. The molecule has 0 fully saturated rings. The molecule has 0 bridgehead atoms. The largest absolute Gasteiger partial charge is 0.324 e. The highest BCUT2D eigenvalue weighted by molar-refractivity contribution is 7.92. The lowest BCUT2D eigenvalue weighted by molar-refractivity contribution is 0.262. The fourth-order valence-electron chi connectivity index (χ4n) is 2.73. The van der Waals surface area contributed by atoms with E-state index in [0.717, 1.165) is 11.9 Å². The van der Waals surface area contributed by atoms with Gasteiger partial charge in [-0.1, -0.05) is 32.4 Å². The predicted molar refractivity (Wildman–Crippen MR) is 125 cm³/mol. The minimum absolute atomic E-state index is 0.244. The zero-order chi connectivity index (χ0) is 22.8. The highest BCUT2D eigenvalue weighted by atomic mass is 35.5. The lowest BCUT2D eigenvalue weighted by atomic mass is 9.92. The van der Waals surface area contributed by atoms with E-state index in [0.29, 0.717) is 27.9 Å². The number of aromatic nitrogens is 2. The normalized spacial score (nSPS) is 11.8. The standard InChI is InChI=1S/C21H24ClN5O3S/c1-21(2,3)18-13-19(24-20(28)23-15-7-5-14(22)6-8-15)27(25-18)17-11-9-16(10-12-17)26-31(4,29)30/h5-13,26H,1-4H3,(H2,23,24,28). The average molecular weight is 462 g/mol. The third-order valence-corrected chi connectivity index (χ3v) is 5.10. The van der Waals surface area contributed by atoms with Gasteiger partial charge in [-0.15, -0.1) is 0 Å². The summed E-state index contributed by atoms with van der Waals surface area (Å²) in [6.07, 6.45) is 1.09. The van der Waals surface area contributed by atoms with Crippen LogP contribution < -0.4 is 15.4 Å². The molecule has 0 unspecified atom stereocenters. The van der Waals surface area contributed by atoms with Crippen molar-refractivity contribution >= 4 is 44.8 Å². The van der Waals surface area contributed by atoms with Crippen molar-refractivity contribution in [1.29, 1.82) is 0 Å². The van der Waals surface area contributed by atoms with Gasteiger partial charge in [0.2, 0.25) is 10.0 Å². The molecule has 10 heteroatoms. The number of amides is 2. The van der Waals surface area contributed by atoms with Gasteiger partial charge in [-0.25, -0.2) is 17.9 Å². The Morgan fingerprint density at radius 2 is 1.55 bits per heavy atom. The third kappa shape index (κ3) is 6.22. The van der Waals surface area contributed by atoms with Crippen LogP contribution in [0, 0.1) is 0 Å². The van der Waals surface area contributed by atoms with Crippen LogP contribution in [-0.4, -0.2) is 30.5 Å². The molecule has 0 aliphatic rings. The number of rotatable bonds is 5. The summed E-state index contributed by atoms with van der Waals surface area (Å²) >= 11 is 5.88. The lowest BCUT2D eigenvalue weighted by Gasteiger charge is -2.14. The Kier molecular flexibility index (Phi) is 6.28. The van der Waals surface area contributed by atoms with E-state index in [9.17, 15) is 13.2 Å². The smallest absolute Gasteiger partial charge is 0.308 e.